The maximum atomic E-state index is 14.9. The van der Waals surface area contributed by atoms with Crippen LogP contribution in [0.2, 0.25) is 0 Å². The molecule has 8 heteroatoms. The molecule has 4 aromatic rings. The van der Waals surface area contributed by atoms with Crippen LogP contribution in [0.15, 0.2) is 60.5 Å². The first kappa shape index (κ1) is 20.8. The average molecular weight is 436 g/mol. The molecule has 0 aliphatic heterocycles. The average Bonchev–Trinajstić information content (AvgIpc) is 3.47. The molecule has 2 aromatic carbocycles. The van der Waals surface area contributed by atoms with E-state index in [1.54, 1.807) is 23.1 Å². The third kappa shape index (κ3) is 4.09. The van der Waals surface area contributed by atoms with Gasteiger partial charge in [0.2, 0.25) is 0 Å². The molecule has 0 fully saturated rings. The van der Waals surface area contributed by atoms with Crippen LogP contribution in [0.4, 0.5) is 8.78 Å². The minimum absolute atomic E-state index is 0.245. The first-order valence-corrected chi connectivity index (χ1v) is 10.5. The number of benzene rings is 2. The number of rotatable bonds is 6. The molecule has 0 unspecified atom stereocenters. The van der Waals surface area contributed by atoms with Gasteiger partial charge in [0.25, 0.3) is 0 Å². The van der Waals surface area contributed by atoms with Gasteiger partial charge in [0.05, 0.1) is 28.9 Å². The number of halogens is 2. The smallest absolute Gasteiger partial charge is 0.137 e. The van der Waals surface area contributed by atoms with Crippen molar-refractivity contribution in [2.45, 2.75) is 31.7 Å². The van der Waals surface area contributed by atoms with Crippen molar-refractivity contribution < 1.29 is 8.78 Å². The van der Waals surface area contributed by atoms with Crippen LogP contribution in [0.5, 0.6) is 0 Å². The summed E-state index contributed by atoms with van der Waals surface area (Å²) >= 11 is 1.47. The second-order valence-corrected chi connectivity index (χ2v) is 8.51. The molecule has 0 saturated heterocycles. The monoisotopic (exact) mass is 435 g/mol. The fourth-order valence-electron chi connectivity index (χ4n) is 3.65. The molecule has 156 valence electrons. The molecule has 2 heterocycles. The molecular weight excluding hydrogens is 416 g/mol. The predicted octanol–water partition coefficient (Wildman–Crippen LogP) is 5.31. The highest BCUT2D eigenvalue weighted by molar-refractivity contribution is 7.10. The van der Waals surface area contributed by atoms with Gasteiger partial charge < -0.3 is 0 Å². The summed E-state index contributed by atoms with van der Waals surface area (Å²) in [4.78, 5) is 8.76. The highest BCUT2D eigenvalue weighted by Gasteiger charge is 2.39. The number of nitriles is 1. The van der Waals surface area contributed by atoms with Crippen molar-refractivity contribution in [3.63, 3.8) is 0 Å². The van der Waals surface area contributed by atoms with Crippen molar-refractivity contribution in [3.8, 4) is 17.3 Å². The Morgan fingerprint density at radius 1 is 1.19 bits per heavy atom. The molecule has 0 radical (unpaired) electrons. The van der Waals surface area contributed by atoms with Crippen LogP contribution in [0, 0.1) is 23.0 Å². The van der Waals surface area contributed by atoms with Gasteiger partial charge >= 0.3 is 0 Å². The predicted molar refractivity (Wildman–Crippen MR) is 114 cm³/mol. The lowest BCUT2D eigenvalue weighted by Crippen LogP contribution is -2.35. The largest absolute Gasteiger partial charge is 0.252 e. The summed E-state index contributed by atoms with van der Waals surface area (Å²) in [7, 11) is 0. The van der Waals surface area contributed by atoms with Crippen LogP contribution in [0.1, 0.15) is 35.9 Å². The molecule has 2 aromatic heterocycles. The van der Waals surface area contributed by atoms with Crippen molar-refractivity contribution in [1.29, 1.82) is 5.26 Å². The normalized spacial score (nSPS) is 14.0. The molecule has 31 heavy (non-hydrogen) atoms. The van der Waals surface area contributed by atoms with E-state index < -0.39 is 17.0 Å². The van der Waals surface area contributed by atoms with E-state index >= 15 is 0 Å². The van der Waals surface area contributed by atoms with Gasteiger partial charge in [0, 0.05) is 22.3 Å². The van der Waals surface area contributed by atoms with Crippen LogP contribution in [0.3, 0.4) is 0 Å². The van der Waals surface area contributed by atoms with E-state index in [0.717, 1.165) is 28.4 Å². The number of hydrogen-bond donors (Lipinski definition) is 0. The van der Waals surface area contributed by atoms with E-state index in [0.29, 0.717) is 12.1 Å². The number of hydrogen-bond acceptors (Lipinski definition) is 5. The summed E-state index contributed by atoms with van der Waals surface area (Å²) in [5, 5.41) is 15.9. The van der Waals surface area contributed by atoms with E-state index in [9.17, 15) is 8.78 Å². The molecule has 4 rings (SSSR count). The van der Waals surface area contributed by atoms with E-state index in [1.807, 2.05) is 31.4 Å². The minimum atomic E-state index is -0.834. The maximum Gasteiger partial charge on any atom is 0.137 e. The summed E-state index contributed by atoms with van der Waals surface area (Å²) in [5.74, 6) is -1.21. The SMILES string of the molecule is C[C@@H](c1nc(-c2ccc(C#N)cc2)cs1)[C@](C)(Cn1cncn1)c1cc(F)ccc1F. The Bertz CT molecular complexity index is 1230. The zero-order valence-electron chi connectivity index (χ0n) is 17.0. The van der Waals surface area contributed by atoms with Crippen molar-refractivity contribution in [1.82, 2.24) is 19.7 Å². The lowest BCUT2D eigenvalue weighted by molar-refractivity contribution is 0.309. The van der Waals surface area contributed by atoms with Crippen LogP contribution in [-0.2, 0) is 12.0 Å². The number of aromatic nitrogens is 4. The van der Waals surface area contributed by atoms with Gasteiger partial charge in [0.15, 0.2) is 0 Å². The maximum absolute atomic E-state index is 14.9. The summed E-state index contributed by atoms with van der Waals surface area (Å²) in [6, 6.07) is 12.8. The van der Waals surface area contributed by atoms with Crippen LogP contribution in [0.25, 0.3) is 11.3 Å². The molecule has 0 aliphatic carbocycles. The molecule has 2 atom stereocenters. The standard InChI is InChI=1S/C23H19F2N5S/c1-15(22-29-21(11-31-22)17-5-3-16(10-26)4-6-17)23(2,12-30-14-27-13-28-30)19-9-18(24)7-8-20(19)25/h3-9,11,13-15H,12H2,1-2H3/t15-,23-/m0/s1. The van der Waals surface area contributed by atoms with E-state index in [2.05, 4.69) is 16.2 Å². The van der Waals surface area contributed by atoms with Crippen LogP contribution in [-0.4, -0.2) is 19.7 Å². The molecule has 5 nitrogen and oxygen atoms in total. The second kappa shape index (κ2) is 8.36. The Morgan fingerprint density at radius 2 is 1.97 bits per heavy atom. The molecule has 0 spiro atoms. The fourth-order valence-corrected chi connectivity index (χ4v) is 4.69. The first-order valence-electron chi connectivity index (χ1n) is 9.64. The van der Waals surface area contributed by atoms with Gasteiger partial charge in [0.1, 0.15) is 24.3 Å². The molecule has 0 bridgehead atoms. The van der Waals surface area contributed by atoms with Crippen LogP contribution < -0.4 is 0 Å². The summed E-state index contributed by atoms with van der Waals surface area (Å²) < 4.78 is 30.5. The Balaban J connectivity index is 1.74. The molecule has 0 N–H and O–H groups in total. The first-order chi connectivity index (χ1) is 14.9. The molecular formula is C23H19F2N5S. The number of thiazole rings is 1. The van der Waals surface area contributed by atoms with Gasteiger partial charge in [-0.25, -0.2) is 18.7 Å². The molecule has 0 saturated carbocycles. The third-order valence-electron chi connectivity index (χ3n) is 5.66. The summed E-state index contributed by atoms with van der Waals surface area (Å²) in [6.45, 7) is 4.16. The lowest BCUT2D eigenvalue weighted by atomic mass is 9.72. The highest BCUT2D eigenvalue weighted by Crippen LogP contribution is 2.43. The molecule has 0 aliphatic rings. The topological polar surface area (TPSA) is 67.4 Å². The Morgan fingerprint density at radius 3 is 2.65 bits per heavy atom. The van der Waals surface area contributed by atoms with E-state index in [4.69, 9.17) is 10.2 Å². The van der Waals surface area contributed by atoms with E-state index in [1.165, 1.54) is 23.7 Å². The minimum Gasteiger partial charge on any atom is -0.252 e. The van der Waals surface area contributed by atoms with Crippen molar-refractivity contribution in [3.05, 3.63) is 88.3 Å². The summed E-state index contributed by atoms with van der Waals surface area (Å²) in [6.07, 6.45) is 2.98. The number of nitrogens with zero attached hydrogens (tertiary/aromatic N) is 5. The third-order valence-corrected chi connectivity index (χ3v) is 6.69. The Labute approximate surface area is 182 Å². The second-order valence-electron chi connectivity index (χ2n) is 7.62. The fraction of sp³-hybridized carbons (Fsp3) is 0.217. The van der Waals surface area contributed by atoms with Crippen molar-refractivity contribution in [2.24, 2.45) is 0 Å². The van der Waals surface area contributed by atoms with Crippen LogP contribution >= 0.6 is 11.3 Å². The van der Waals surface area contributed by atoms with Crippen molar-refractivity contribution in [2.75, 3.05) is 0 Å². The van der Waals surface area contributed by atoms with Gasteiger partial charge in [-0.1, -0.05) is 26.0 Å². The Hall–Kier alpha value is -3.44. The van der Waals surface area contributed by atoms with Crippen molar-refractivity contribution >= 4 is 11.3 Å². The lowest BCUT2D eigenvalue weighted by Gasteiger charge is -2.35. The zero-order chi connectivity index (χ0) is 22.0. The Kier molecular flexibility index (Phi) is 5.61. The molecule has 0 amide bonds. The summed E-state index contributed by atoms with van der Waals surface area (Å²) in [5.41, 5.74) is 1.68. The van der Waals surface area contributed by atoms with E-state index in [-0.39, 0.29) is 11.5 Å². The quantitative estimate of drug-likeness (QED) is 0.411. The highest BCUT2D eigenvalue weighted by atomic mass is 32.1. The van der Waals surface area contributed by atoms with Gasteiger partial charge in [-0.15, -0.1) is 11.3 Å². The van der Waals surface area contributed by atoms with Gasteiger partial charge in [-0.05, 0) is 35.9 Å². The van der Waals surface area contributed by atoms with Gasteiger partial charge in [-0.3, -0.25) is 4.68 Å². The van der Waals surface area contributed by atoms with Gasteiger partial charge in [-0.2, -0.15) is 10.4 Å². The zero-order valence-corrected chi connectivity index (χ0v) is 17.8.